The number of hydrogen-bond acceptors (Lipinski definition) is 0. The number of rotatable bonds is 11. The van der Waals surface area contributed by atoms with Crippen LogP contribution in [0.25, 0.3) is 22.3 Å². The zero-order valence-corrected chi connectivity index (χ0v) is 22.0. The average molecular weight is 505 g/mol. The van der Waals surface area contributed by atoms with Crippen LogP contribution in [0, 0.1) is 23.4 Å². The standard InChI is InChI=1S/C34H39F3/c1-3-5-7-8-10-28-19-22-31(34(37)33(28)36)27-17-15-26(16-18-27)30-21-20-29(23-32(30)35)25-13-11-24(12-14-25)9-6-4-2/h4,15-25H,2-3,5-14H2,1H3. The van der Waals surface area contributed by atoms with Crippen LogP contribution in [0.3, 0.4) is 0 Å². The smallest absolute Gasteiger partial charge is 0.166 e. The lowest BCUT2D eigenvalue weighted by molar-refractivity contribution is 0.311. The van der Waals surface area contributed by atoms with Crippen LogP contribution >= 0.6 is 0 Å². The van der Waals surface area contributed by atoms with Crippen LogP contribution in [0.5, 0.6) is 0 Å². The lowest BCUT2D eigenvalue weighted by atomic mass is 9.77. The second-order valence-corrected chi connectivity index (χ2v) is 10.6. The molecule has 0 nitrogen and oxygen atoms in total. The third kappa shape index (κ3) is 6.74. The molecule has 0 saturated heterocycles. The van der Waals surface area contributed by atoms with E-state index in [-0.39, 0.29) is 11.4 Å². The molecule has 37 heavy (non-hydrogen) atoms. The molecule has 0 unspecified atom stereocenters. The highest BCUT2D eigenvalue weighted by molar-refractivity contribution is 5.71. The van der Waals surface area contributed by atoms with Gasteiger partial charge in [-0.25, -0.2) is 13.2 Å². The molecule has 196 valence electrons. The first kappa shape index (κ1) is 27.2. The number of hydrogen-bond donors (Lipinski definition) is 0. The maximum Gasteiger partial charge on any atom is 0.166 e. The summed E-state index contributed by atoms with van der Waals surface area (Å²) in [6.07, 6.45) is 13.5. The van der Waals surface area contributed by atoms with Gasteiger partial charge < -0.3 is 0 Å². The van der Waals surface area contributed by atoms with Gasteiger partial charge in [-0.3, -0.25) is 0 Å². The lowest BCUT2D eigenvalue weighted by Gasteiger charge is -2.28. The second-order valence-electron chi connectivity index (χ2n) is 10.6. The molecule has 0 aliphatic heterocycles. The summed E-state index contributed by atoms with van der Waals surface area (Å²) in [5.74, 6) is -0.621. The summed E-state index contributed by atoms with van der Waals surface area (Å²) in [4.78, 5) is 0. The Kier molecular flexibility index (Phi) is 9.66. The van der Waals surface area contributed by atoms with Crippen molar-refractivity contribution < 1.29 is 13.2 Å². The van der Waals surface area contributed by atoms with Crippen molar-refractivity contribution in [1.29, 1.82) is 0 Å². The molecule has 0 amide bonds. The van der Waals surface area contributed by atoms with E-state index in [4.69, 9.17) is 0 Å². The van der Waals surface area contributed by atoms with Gasteiger partial charge in [0.25, 0.3) is 0 Å². The minimum atomic E-state index is -0.810. The zero-order chi connectivity index (χ0) is 26.2. The predicted octanol–water partition coefficient (Wildman–Crippen LogP) is 10.8. The number of unbranched alkanes of at least 4 members (excludes halogenated alkanes) is 3. The normalized spacial score (nSPS) is 17.6. The van der Waals surface area contributed by atoms with Gasteiger partial charge in [-0.05, 0) is 91.5 Å². The van der Waals surface area contributed by atoms with E-state index in [0.29, 0.717) is 29.0 Å². The van der Waals surface area contributed by atoms with E-state index in [1.165, 1.54) is 19.3 Å². The monoisotopic (exact) mass is 504 g/mol. The molecule has 0 N–H and O–H groups in total. The van der Waals surface area contributed by atoms with Gasteiger partial charge in [-0.2, -0.15) is 0 Å². The van der Waals surface area contributed by atoms with Crippen LogP contribution in [0.2, 0.25) is 0 Å². The Labute approximate surface area is 220 Å². The Bertz CT molecular complexity index is 1170. The first-order valence-electron chi connectivity index (χ1n) is 14.0. The van der Waals surface area contributed by atoms with Gasteiger partial charge in [-0.1, -0.05) is 80.8 Å². The Hall–Kier alpha value is -2.81. The average Bonchev–Trinajstić information content (AvgIpc) is 2.92. The summed E-state index contributed by atoms with van der Waals surface area (Å²) < 4.78 is 44.7. The molecule has 3 aromatic rings. The van der Waals surface area contributed by atoms with Gasteiger partial charge in [0.1, 0.15) is 5.82 Å². The second kappa shape index (κ2) is 13.1. The van der Waals surface area contributed by atoms with E-state index in [1.54, 1.807) is 42.5 Å². The maximum atomic E-state index is 15.1. The van der Waals surface area contributed by atoms with Crippen molar-refractivity contribution in [3.8, 4) is 22.3 Å². The molecule has 1 saturated carbocycles. The van der Waals surface area contributed by atoms with E-state index >= 15 is 4.39 Å². The summed E-state index contributed by atoms with van der Waals surface area (Å²) in [7, 11) is 0. The molecule has 0 atom stereocenters. The number of allylic oxidation sites excluding steroid dienone is 1. The van der Waals surface area contributed by atoms with E-state index < -0.39 is 11.6 Å². The first-order valence-corrected chi connectivity index (χ1v) is 14.0. The quantitative estimate of drug-likeness (QED) is 0.180. The summed E-state index contributed by atoms with van der Waals surface area (Å²) in [5, 5.41) is 0. The Balaban J connectivity index is 1.44. The van der Waals surface area contributed by atoms with E-state index in [2.05, 4.69) is 19.6 Å². The summed E-state index contributed by atoms with van der Waals surface area (Å²) in [6, 6.07) is 16.0. The molecule has 0 aromatic heterocycles. The molecule has 0 heterocycles. The van der Waals surface area contributed by atoms with Gasteiger partial charge in [0, 0.05) is 11.1 Å². The largest absolute Gasteiger partial charge is 0.206 e. The third-order valence-electron chi connectivity index (χ3n) is 8.06. The van der Waals surface area contributed by atoms with Crippen molar-refractivity contribution in [2.24, 2.45) is 5.92 Å². The van der Waals surface area contributed by atoms with Crippen LogP contribution in [-0.4, -0.2) is 0 Å². The summed E-state index contributed by atoms with van der Waals surface area (Å²) in [6.45, 7) is 5.95. The fraction of sp³-hybridized carbons (Fsp3) is 0.412. The van der Waals surface area contributed by atoms with Crippen molar-refractivity contribution in [1.82, 2.24) is 0 Å². The molecule has 1 aliphatic carbocycles. The van der Waals surface area contributed by atoms with Gasteiger partial charge >= 0.3 is 0 Å². The SMILES string of the molecule is C=CCCC1CCC(c2ccc(-c3ccc(-c4ccc(CCCCCC)c(F)c4F)cc3)c(F)c2)CC1. The Morgan fingerprint density at radius 3 is 2.11 bits per heavy atom. The van der Waals surface area contributed by atoms with Gasteiger partial charge in [-0.15, -0.1) is 6.58 Å². The third-order valence-corrected chi connectivity index (χ3v) is 8.06. The molecule has 3 heteroatoms. The minimum Gasteiger partial charge on any atom is -0.206 e. The van der Waals surface area contributed by atoms with E-state index in [1.807, 2.05) is 12.1 Å². The predicted molar refractivity (Wildman–Crippen MR) is 149 cm³/mol. The molecular formula is C34H39F3. The molecular weight excluding hydrogens is 465 g/mol. The molecule has 4 rings (SSSR count). The zero-order valence-electron chi connectivity index (χ0n) is 22.0. The minimum absolute atomic E-state index is 0.233. The first-order chi connectivity index (χ1) is 18.0. The van der Waals surface area contributed by atoms with Crippen molar-refractivity contribution in [3.63, 3.8) is 0 Å². The lowest BCUT2D eigenvalue weighted by Crippen LogP contribution is -2.13. The Morgan fingerprint density at radius 1 is 0.784 bits per heavy atom. The summed E-state index contributed by atoms with van der Waals surface area (Å²) >= 11 is 0. The van der Waals surface area contributed by atoms with Crippen molar-refractivity contribution >= 4 is 0 Å². The van der Waals surface area contributed by atoms with Gasteiger partial charge in [0.15, 0.2) is 11.6 Å². The molecule has 1 fully saturated rings. The van der Waals surface area contributed by atoms with Crippen LogP contribution in [0.15, 0.2) is 67.3 Å². The molecule has 0 radical (unpaired) electrons. The highest BCUT2D eigenvalue weighted by Gasteiger charge is 2.23. The number of halogens is 3. The van der Waals surface area contributed by atoms with Gasteiger partial charge in [0.2, 0.25) is 0 Å². The van der Waals surface area contributed by atoms with Gasteiger partial charge in [0.05, 0.1) is 0 Å². The van der Waals surface area contributed by atoms with Crippen molar-refractivity contribution in [2.75, 3.05) is 0 Å². The fourth-order valence-corrected chi connectivity index (χ4v) is 5.73. The number of benzene rings is 3. The highest BCUT2D eigenvalue weighted by Crippen LogP contribution is 2.39. The van der Waals surface area contributed by atoms with Crippen molar-refractivity contribution in [3.05, 3.63) is 95.8 Å². The van der Waals surface area contributed by atoms with Crippen LogP contribution in [0.4, 0.5) is 13.2 Å². The topological polar surface area (TPSA) is 0 Å². The van der Waals surface area contributed by atoms with Crippen LogP contribution < -0.4 is 0 Å². The number of aryl methyl sites for hydroxylation is 1. The van der Waals surface area contributed by atoms with Crippen LogP contribution in [0.1, 0.15) is 88.2 Å². The molecule has 3 aromatic carbocycles. The summed E-state index contributed by atoms with van der Waals surface area (Å²) in [5.41, 5.74) is 3.59. The molecule has 1 aliphatic rings. The molecule has 0 bridgehead atoms. The van der Waals surface area contributed by atoms with E-state index in [9.17, 15) is 8.78 Å². The maximum absolute atomic E-state index is 15.1. The fourth-order valence-electron chi connectivity index (χ4n) is 5.73. The van der Waals surface area contributed by atoms with Crippen molar-refractivity contribution in [2.45, 2.75) is 83.5 Å². The highest BCUT2D eigenvalue weighted by atomic mass is 19.2. The Morgan fingerprint density at radius 2 is 1.46 bits per heavy atom. The van der Waals surface area contributed by atoms with Crippen LogP contribution in [-0.2, 0) is 6.42 Å². The van der Waals surface area contributed by atoms with E-state index in [0.717, 1.165) is 62.0 Å². The molecule has 0 spiro atoms.